The first-order valence-electron chi connectivity index (χ1n) is 5.64. The topological polar surface area (TPSA) is 41.8 Å². The lowest BCUT2D eigenvalue weighted by Gasteiger charge is -2.25. The summed E-state index contributed by atoms with van der Waals surface area (Å²) in [6, 6.07) is 8.01. The predicted molar refractivity (Wildman–Crippen MR) is 64.2 cm³/mol. The molecule has 16 heavy (non-hydrogen) atoms. The van der Waals surface area contributed by atoms with E-state index in [4.69, 9.17) is 4.74 Å². The van der Waals surface area contributed by atoms with E-state index in [1.807, 2.05) is 25.1 Å². The van der Waals surface area contributed by atoms with Gasteiger partial charge < -0.3 is 9.84 Å². The van der Waals surface area contributed by atoms with E-state index in [1.165, 1.54) is 0 Å². The Hall–Kier alpha value is -1.35. The lowest BCUT2D eigenvalue weighted by molar-refractivity contribution is 0.242. The minimum Gasteiger partial charge on any atom is -0.480 e. The molecule has 0 saturated heterocycles. The number of rotatable bonds is 3. The number of aliphatic hydroxyl groups is 1. The average Bonchev–Trinajstić information content (AvgIpc) is 2.55. The van der Waals surface area contributed by atoms with Gasteiger partial charge in [0.15, 0.2) is 5.90 Å². The summed E-state index contributed by atoms with van der Waals surface area (Å²) < 4.78 is 5.59. The van der Waals surface area contributed by atoms with E-state index in [9.17, 15) is 5.11 Å². The molecule has 1 aliphatic rings. The highest BCUT2D eigenvalue weighted by Gasteiger charge is 2.40. The highest BCUT2D eigenvalue weighted by atomic mass is 16.5. The Balaban J connectivity index is 2.43. The molecular weight excluding hydrogens is 202 g/mol. The van der Waals surface area contributed by atoms with Gasteiger partial charge >= 0.3 is 0 Å². The van der Waals surface area contributed by atoms with Crippen molar-refractivity contribution in [2.75, 3.05) is 13.2 Å². The summed E-state index contributed by atoms with van der Waals surface area (Å²) in [6.07, 6.45) is 0.642. The Kier molecular flexibility index (Phi) is 2.97. The van der Waals surface area contributed by atoms with E-state index in [0.717, 1.165) is 17.1 Å². The van der Waals surface area contributed by atoms with Gasteiger partial charge in [0, 0.05) is 6.61 Å². The smallest absolute Gasteiger partial charge is 0.199 e. The van der Waals surface area contributed by atoms with Crippen molar-refractivity contribution in [1.29, 1.82) is 0 Å². The monoisotopic (exact) mass is 219 g/mol. The molecule has 0 spiro atoms. The van der Waals surface area contributed by atoms with Gasteiger partial charge in [-0.1, -0.05) is 18.2 Å². The predicted octanol–water partition coefficient (Wildman–Crippen LogP) is 2.41. The number of hydrogen-bond acceptors (Lipinski definition) is 3. The van der Waals surface area contributed by atoms with Crippen LogP contribution in [0, 0.1) is 0 Å². The summed E-state index contributed by atoms with van der Waals surface area (Å²) in [6.45, 7) is 4.76. The number of fused-ring (bicyclic) bond motifs is 1. The number of para-hydroxylation sites is 1. The largest absolute Gasteiger partial charge is 0.480 e. The van der Waals surface area contributed by atoms with E-state index in [2.05, 4.69) is 18.0 Å². The molecule has 1 atom stereocenters. The maximum atomic E-state index is 9.19. The lowest BCUT2D eigenvalue weighted by Crippen LogP contribution is -2.32. The highest BCUT2D eigenvalue weighted by molar-refractivity contribution is 5.96. The maximum absolute atomic E-state index is 9.19. The molecule has 0 saturated carbocycles. The van der Waals surface area contributed by atoms with Gasteiger partial charge in [-0.05, 0) is 31.9 Å². The van der Waals surface area contributed by atoms with Gasteiger partial charge in [-0.25, -0.2) is 4.99 Å². The molecule has 0 unspecified atom stereocenters. The average molecular weight is 219 g/mol. The zero-order chi connectivity index (χ0) is 11.6. The van der Waals surface area contributed by atoms with Crippen molar-refractivity contribution in [2.45, 2.75) is 25.7 Å². The molecule has 0 aliphatic carbocycles. The molecule has 2 rings (SSSR count). The summed E-state index contributed by atoms with van der Waals surface area (Å²) in [5.74, 6) is 0.727. The van der Waals surface area contributed by atoms with Crippen molar-refractivity contribution >= 4 is 11.6 Å². The fraction of sp³-hybridized carbons (Fsp3) is 0.462. The standard InChI is InChI=1S/C13H17NO2/c1-3-16-12-13(2,8-9-15)10-6-4-5-7-11(10)14-12/h4-7,15H,3,8-9H2,1-2H3/t13-/m1/s1. The molecular formula is C13H17NO2. The third-order valence-electron chi connectivity index (χ3n) is 3.09. The zero-order valence-corrected chi connectivity index (χ0v) is 9.73. The van der Waals surface area contributed by atoms with Gasteiger partial charge in [-0.2, -0.15) is 0 Å². The third-order valence-corrected chi connectivity index (χ3v) is 3.09. The van der Waals surface area contributed by atoms with Crippen LogP contribution < -0.4 is 0 Å². The second kappa shape index (κ2) is 4.26. The second-order valence-corrected chi connectivity index (χ2v) is 4.17. The molecule has 3 nitrogen and oxygen atoms in total. The molecule has 0 radical (unpaired) electrons. The number of aliphatic hydroxyl groups excluding tert-OH is 1. The van der Waals surface area contributed by atoms with E-state index >= 15 is 0 Å². The van der Waals surface area contributed by atoms with Crippen molar-refractivity contribution in [1.82, 2.24) is 0 Å². The maximum Gasteiger partial charge on any atom is 0.199 e. The summed E-state index contributed by atoms with van der Waals surface area (Å²) >= 11 is 0. The van der Waals surface area contributed by atoms with Crippen LogP contribution in [0.25, 0.3) is 0 Å². The van der Waals surface area contributed by atoms with Gasteiger partial charge in [0.25, 0.3) is 0 Å². The van der Waals surface area contributed by atoms with Crippen LogP contribution >= 0.6 is 0 Å². The minimum absolute atomic E-state index is 0.136. The van der Waals surface area contributed by atoms with Crippen LogP contribution in [0.4, 0.5) is 5.69 Å². The van der Waals surface area contributed by atoms with E-state index in [1.54, 1.807) is 0 Å². The molecule has 0 bridgehead atoms. The zero-order valence-electron chi connectivity index (χ0n) is 9.73. The Morgan fingerprint density at radius 3 is 2.81 bits per heavy atom. The van der Waals surface area contributed by atoms with Gasteiger partial charge in [0.05, 0.1) is 17.7 Å². The Morgan fingerprint density at radius 2 is 2.12 bits per heavy atom. The normalized spacial score (nSPS) is 22.8. The number of hydrogen-bond donors (Lipinski definition) is 1. The van der Waals surface area contributed by atoms with Crippen LogP contribution in [0.2, 0.25) is 0 Å². The Labute approximate surface area is 95.8 Å². The van der Waals surface area contributed by atoms with Crippen molar-refractivity contribution in [3.63, 3.8) is 0 Å². The fourth-order valence-electron chi connectivity index (χ4n) is 2.18. The first kappa shape index (κ1) is 11.1. The van der Waals surface area contributed by atoms with E-state index in [0.29, 0.717) is 13.0 Å². The molecule has 1 aliphatic heterocycles. The number of nitrogens with zero attached hydrogens (tertiary/aromatic N) is 1. The minimum atomic E-state index is -0.276. The lowest BCUT2D eigenvalue weighted by atomic mass is 9.80. The third kappa shape index (κ3) is 1.61. The molecule has 1 heterocycles. The molecule has 0 fully saturated rings. The van der Waals surface area contributed by atoms with Crippen LogP contribution in [0.3, 0.4) is 0 Å². The van der Waals surface area contributed by atoms with Crippen molar-refractivity contribution < 1.29 is 9.84 Å². The van der Waals surface area contributed by atoms with Crippen molar-refractivity contribution in [3.8, 4) is 0 Å². The number of ether oxygens (including phenoxy) is 1. The van der Waals surface area contributed by atoms with E-state index in [-0.39, 0.29) is 12.0 Å². The quantitative estimate of drug-likeness (QED) is 0.848. The van der Waals surface area contributed by atoms with Gasteiger partial charge in [-0.15, -0.1) is 0 Å². The van der Waals surface area contributed by atoms with Crippen molar-refractivity contribution in [2.24, 2.45) is 4.99 Å². The Morgan fingerprint density at radius 1 is 1.38 bits per heavy atom. The van der Waals surface area contributed by atoms with Crippen LogP contribution in [-0.2, 0) is 10.2 Å². The van der Waals surface area contributed by atoms with Crippen molar-refractivity contribution in [3.05, 3.63) is 29.8 Å². The van der Waals surface area contributed by atoms with E-state index < -0.39 is 0 Å². The summed E-state index contributed by atoms with van der Waals surface area (Å²) in [5, 5.41) is 9.19. The van der Waals surface area contributed by atoms with Gasteiger partial charge in [-0.3, -0.25) is 0 Å². The molecule has 1 N–H and O–H groups in total. The number of benzene rings is 1. The first-order valence-corrected chi connectivity index (χ1v) is 5.64. The fourth-order valence-corrected chi connectivity index (χ4v) is 2.18. The molecule has 86 valence electrons. The van der Waals surface area contributed by atoms with Crippen LogP contribution in [0.1, 0.15) is 25.8 Å². The molecule has 0 amide bonds. The summed E-state index contributed by atoms with van der Waals surface area (Å²) in [4.78, 5) is 4.50. The number of aliphatic imine (C=N–C) groups is 1. The Bertz CT molecular complexity index is 414. The molecule has 3 heteroatoms. The molecule has 1 aromatic rings. The second-order valence-electron chi connectivity index (χ2n) is 4.17. The summed E-state index contributed by atoms with van der Waals surface area (Å²) in [5.41, 5.74) is 1.83. The highest BCUT2D eigenvalue weighted by Crippen LogP contribution is 2.42. The van der Waals surface area contributed by atoms with Crippen LogP contribution in [0.15, 0.2) is 29.3 Å². The first-order chi connectivity index (χ1) is 7.72. The van der Waals surface area contributed by atoms with Crippen LogP contribution in [0.5, 0.6) is 0 Å². The summed E-state index contributed by atoms with van der Waals surface area (Å²) in [7, 11) is 0. The van der Waals surface area contributed by atoms with Crippen LogP contribution in [-0.4, -0.2) is 24.2 Å². The SMILES string of the molecule is CCOC1=Nc2ccccc2[C@@]1(C)CCO. The van der Waals surface area contributed by atoms with Gasteiger partial charge in [0.2, 0.25) is 0 Å². The molecule has 0 aromatic heterocycles. The molecule has 1 aromatic carbocycles. The van der Waals surface area contributed by atoms with Gasteiger partial charge in [0.1, 0.15) is 0 Å².